The summed E-state index contributed by atoms with van der Waals surface area (Å²) < 4.78 is 6.50. The molecule has 17 heavy (non-hydrogen) atoms. The number of piperidine rings is 1. The molecule has 0 saturated carbocycles. The van der Waals surface area contributed by atoms with Gasteiger partial charge in [-0.15, -0.1) is 0 Å². The molecule has 1 unspecified atom stereocenters. The Morgan fingerprint density at radius 1 is 1.24 bits per heavy atom. The molecule has 2 rings (SSSR count). The van der Waals surface area contributed by atoms with Crippen LogP contribution in [0.5, 0.6) is 0 Å². The van der Waals surface area contributed by atoms with E-state index in [1.807, 2.05) is 0 Å². The minimum atomic E-state index is -0.0447. The Morgan fingerprint density at radius 2 is 1.82 bits per heavy atom. The van der Waals surface area contributed by atoms with Crippen LogP contribution < -0.4 is 5.32 Å². The van der Waals surface area contributed by atoms with Gasteiger partial charge in [0.15, 0.2) is 0 Å². The summed E-state index contributed by atoms with van der Waals surface area (Å²) in [6.45, 7) is 12.5. The van der Waals surface area contributed by atoms with Crippen molar-refractivity contribution in [2.75, 3.05) is 26.7 Å². The second-order valence-electron chi connectivity index (χ2n) is 6.92. The minimum absolute atomic E-state index is 0.0447. The standard InChI is InChI=1S/C14H28N2O/c1-11(2)12-13(3,4)10-15-14(17-12)6-8-16(5)9-7-14/h11-12,15H,6-10H2,1-5H3. The van der Waals surface area contributed by atoms with Gasteiger partial charge in [0, 0.05) is 37.9 Å². The maximum Gasteiger partial charge on any atom is 0.122 e. The van der Waals surface area contributed by atoms with E-state index in [-0.39, 0.29) is 11.1 Å². The fraction of sp³-hybridized carbons (Fsp3) is 1.00. The Morgan fingerprint density at radius 3 is 2.35 bits per heavy atom. The molecule has 0 radical (unpaired) electrons. The van der Waals surface area contributed by atoms with Gasteiger partial charge < -0.3 is 9.64 Å². The fourth-order valence-corrected chi connectivity index (χ4v) is 3.25. The van der Waals surface area contributed by atoms with Gasteiger partial charge in [0.05, 0.1) is 6.10 Å². The number of nitrogens with zero attached hydrogens (tertiary/aromatic N) is 1. The molecule has 2 aliphatic rings. The average Bonchev–Trinajstić information content (AvgIpc) is 2.26. The highest BCUT2D eigenvalue weighted by Crippen LogP contribution is 2.39. The van der Waals surface area contributed by atoms with Crippen molar-refractivity contribution in [3.05, 3.63) is 0 Å². The third kappa shape index (κ3) is 2.67. The molecule has 3 nitrogen and oxygen atoms in total. The maximum absolute atomic E-state index is 6.50. The predicted molar refractivity (Wildman–Crippen MR) is 71.0 cm³/mol. The normalized spacial score (nSPS) is 33.2. The van der Waals surface area contributed by atoms with Gasteiger partial charge in [0.2, 0.25) is 0 Å². The number of hydrogen-bond acceptors (Lipinski definition) is 3. The second-order valence-corrected chi connectivity index (χ2v) is 6.92. The second kappa shape index (κ2) is 4.52. The van der Waals surface area contributed by atoms with Gasteiger partial charge in [-0.1, -0.05) is 27.7 Å². The van der Waals surface area contributed by atoms with Crippen molar-refractivity contribution in [1.82, 2.24) is 10.2 Å². The van der Waals surface area contributed by atoms with E-state index in [9.17, 15) is 0 Å². The first-order chi connectivity index (χ1) is 7.85. The van der Waals surface area contributed by atoms with Crippen molar-refractivity contribution in [2.24, 2.45) is 11.3 Å². The maximum atomic E-state index is 6.50. The van der Waals surface area contributed by atoms with Crippen LogP contribution in [0.2, 0.25) is 0 Å². The monoisotopic (exact) mass is 240 g/mol. The Labute approximate surface area is 106 Å². The molecule has 2 aliphatic heterocycles. The Hall–Kier alpha value is -0.120. The van der Waals surface area contributed by atoms with E-state index in [1.165, 1.54) is 0 Å². The molecule has 2 saturated heterocycles. The highest BCUT2D eigenvalue weighted by molar-refractivity contribution is 4.96. The predicted octanol–water partition coefficient (Wildman–Crippen LogP) is 2.08. The van der Waals surface area contributed by atoms with Crippen molar-refractivity contribution < 1.29 is 4.74 Å². The summed E-state index contributed by atoms with van der Waals surface area (Å²) in [7, 11) is 2.19. The third-order valence-electron chi connectivity index (χ3n) is 4.39. The Bertz CT molecular complexity index is 267. The van der Waals surface area contributed by atoms with E-state index in [2.05, 4.69) is 45.0 Å². The molecule has 1 N–H and O–H groups in total. The van der Waals surface area contributed by atoms with Gasteiger partial charge in [-0.05, 0) is 13.0 Å². The van der Waals surface area contributed by atoms with Crippen LogP contribution in [-0.4, -0.2) is 43.4 Å². The van der Waals surface area contributed by atoms with E-state index >= 15 is 0 Å². The van der Waals surface area contributed by atoms with Gasteiger partial charge >= 0.3 is 0 Å². The fourth-order valence-electron chi connectivity index (χ4n) is 3.25. The van der Waals surface area contributed by atoms with E-state index in [0.717, 1.165) is 32.5 Å². The van der Waals surface area contributed by atoms with Crippen LogP contribution in [-0.2, 0) is 4.74 Å². The zero-order valence-electron chi connectivity index (χ0n) is 12.0. The van der Waals surface area contributed by atoms with E-state index in [4.69, 9.17) is 4.74 Å². The Kier molecular flexibility index (Phi) is 3.54. The van der Waals surface area contributed by atoms with E-state index in [1.54, 1.807) is 0 Å². The number of nitrogens with one attached hydrogen (secondary N) is 1. The molecule has 0 aliphatic carbocycles. The minimum Gasteiger partial charge on any atom is -0.356 e. The zero-order valence-corrected chi connectivity index (χ0v) is 12.0. The summed E-state index contributed by atoms with van der Waals surface area (Å²) in [5, 5.41) is 3.68. The Balaban J connectivity index is 2.08. The van der Waals surface area contributed by atoms with Crippen LogP contribution in [0, 0.1) is 11.3 Å². The number of hydrogen-bond donors (Lipinski definition) is 1. The highest BCUT2D eigenvalue weighted by atomic mass is 16.5. The van der Waals surface area contributed by atoms with Gasteiger partial charge in [0.25, 0.3) is 0 Å². The van der Waals surface area contributed by atoms with Crippen LogP contribution in [0.25, 0.3) is 0 Å². The third-order valence-corrected chi connectivity index (χ3v) is 4.39. The van der Waals surface area contributed by atoms with Crippen LogP contribution in [0.15, 0.2) is 0 Å². The lowest BCUT2D eigenvalue weighted by Crippen LogP contribution is -2.65. The molecule has 2 heterocycles. The molecule has 1 atom stereocenters. The molecule has 0 aromatic heterocycles. The van der Waals surface area contributed by atoms with Gasteiger partial charge in [-0.3, -0.25) is 5.32 Å². The summed E-state index contributed by atoms with van der Waals surface area (Å²) in [4.78, 5) is 2.39. The lowest BCUT2D eigenvalue weighted by molar-refractivity contribution is -0.218. The first kappa shape index (κ1) is 13.3. The van der Waals surface area contributed by atoms with Crippen molar-refractivity contribution in [3.63, 3.8) is 0 Å². The van der Waals surface area contributed by atoms with E-state index in [0.29, 0.717) is 12.0 Å². The number of rotatable bonds is 1. The van der Waals surface area contributed by atoms with Crippen LogP contribution in [0.3, 0.4) is 0 Å². The summed E-state index contributed by atoms with van der Waals surface area (Å²) in [6, 6.07) is 0. The first-order valence-corrected chi connectivity index (χ1v) is 6.96. The van der Waals surface area contributed by atoms with Crippen molar-refractivity contribution in [1.29, 1.82) is 0 Å². The molecule has 0 aromatic rings. The summed E-state index contributed by atoms with van der Waals surface area (Å²) >= 11 is 0. The summed E-state index contributed by atoms with van der Waals surface area (Å²) in [5.41, 5.74) is 0.194. The summed E-state index contributed by atoms with van der Waals surface area (Å²) in [5.74, 6) is 0.587. The molecule has 2 fully saturated rings. The van der Waals surface area contributed by atoms with Crippen LogP contribution in [0.4, 0.5) is 0 Å². The van der Waals surface area contributed by atoms with Crippen molar-refractivity contribution in [2.45, 2.75) is 52.4 Å². The topological polar surface area (TPSA) is 24.5 Å². The van der Waals surface area contributed by atoms with Gasteiger partial charge in [-0.2, -0.15) is 0 Å². The lowest BCUT2D eigenvalue weighted by atomic mass is 9.77. The molecule has 1 spiro atoms. The lowest BCUT2D eigenvalue weighted by Gasteiger charge is -2.53. The average molecular weight is 240 g/mol. The molecule has 0 bridgehead atoms. The summed E-state index contributed by atoms with van der Waals surface area (Å²) in [6.07, 6.45) is 2.60. The highest BCUT2D eigenvalue weighted by Gasteiger charge is 2.47. The van der Waals surface area contributed by atoms with Gasteiger partial charge in [0.1, 0.15) is 5.72 Å². The molecular weight excluding hydrogens is 212 g/mol. The molecular formula is C14H28N2O. The van der Waals surface area contributed by atoms with Crippen molar-refractivity contribution in [3.8, 4) is 0 Å². The SMILES string of the molecule is CC(C)C1OC2(CCN(C)CC2)NCC1(C)C. The van der Waals surface area contributed by atoms with Gasteiger partial charge in [-0.25, -0.2) is 0 Å². The van der Waals surface area contributed by atoms with E-state index < -0.39 is 0 Å². The smallest absolute Gasteiger partial charge is 0.122 e. The molecule has 100 valence electrons. The van der Waals surface area contributed by atoms with Crippen molar-refractivity contribution >= 4 is 0 Å². The number of likely N-dealkylation sites (tertiary alicyclic amines) is 1. The van der Waals surface area contributed by atoms with Crippen LogP contribution >= 0.6 is 0 Å². The largest absolute Gasteiger partial charge is 0.356 e. The van der Waals surface area contributed by atoms with Crippen LogP contribution in [0.1, 0.15) is 40.5 Å². The molecule has 0 aromatic carbocycles. The zero-order chi connectivity index (χ0) is 12.7. The first-order valence-electron chi connectivity index (χ1n) is 6.96. The molecule has 3 heteroatoms. The number of ether oxygens (including phenoxy) is 1. The molecule has 0 amide bonds. The quantitative estimate of drug-likeness (QED) is 0.759.